The van der Waals surface area contributed by atoms with Crippen LogP contribution in [0.15, 0.2) is 60.7 Å². The topological polar surface area (TPSA) is 20.2 Å². The van der Waals surface area contributed by atoms with Crippen molar-refractivity contribution in [3.63, 3.8) is 0 Å². The summed E-state index contributed by atoms with van der Waals surface area (Å²) in [6, 6.07) is 20.3. The van der Waals surface area contributed by atoms with Crippen LogP contribution in [0.25, 0.3) is 0 Å². The Hall–Kier alpha value is -1.60. The molecular formula is C16H18O. The first-order valence-corrected chi connectivity index (χ1v) is 5.95. The lowest BCUT2D eigenvalue weighted by Crippen LogP contribution is -2.35. The van der Waals surface area contributed by atoms with Gasteiger partial charge >= 0.3 is 0 Å². The summed E-state index contributed by atoms with van der Waals surface area (Å²) in [6.45, 7) is 3.93. The first kappa shape index (κ1) is 11.9. The van der Waals surface area contributed by atoms with Gasteiger partial charge in [-0.25, -0.2) is 0 Å². The van der Waals surface area contributed by atoms with Gasteiger partial charge in [-0.15, -0.1) is 0 Å². The van der Waals surface area contributed by atoms with Crippen molar-refractivity contribution in [3.8, 4) is 0 Å². The van der Waals surface area contributed by atoms with E-state index in [9.17, 15) is 5.11 Å². The highest BCUT2D eigenvalue weighted by Crippen LogP contribution is 2.34. The molecule has 0 saturated heterocycles. The zero-order valence-corrected chi connectivity index (χ0v) is 10.3. The second-order valence-corrected chi connectivity index (χ2v) is 4.61. The van der Waals surface area contributed by atoms with Crippen LogP contribution in [0.5, 0.6) is 0 Å². The molecule has 0 amide bonds. The minimum Gasteiger partial charge on any atom is -0.392 e. The smallest absolute Gasteiger partial charge is 0.0646 e. The van der Waals surface area contributed by atoms with Crippen molar-refractivity contribution in [1.82, 2.24) is 0 Å². The fourth-order valence-electron chi connectivity index (χ4n) is 2.22. The van der Waals surface area contributed by atoms with E-state index in [0.29, 0.717) is 0 Å². The first-order chi connectivity index (χ1) is 8.15. The summed E-state index contributed by atoms with van der Waals surface area (Å²) in [5, 5.41) is 10.2. The van der Waals surface area contributed by atoms with Gasteiger partial charge in [-0.3, -0.25) is 0 Å². The van der Waals surface area contributed by atoms with E-state index in [0.717, 1.165) is 11.1 Å². The molecule has 0 radical (unpaired) electrons. The molecule has 0 bridgehead atoms. The summed E-state index contributed by atoms with van der Waals surface area (Å²) >= 11 is 0. The second kappa shape index (κ2) is 4.72. The van der Waals surface area contributed by atoms with Gasteiger partial charge in [-0.05, 0) is 25.0 Å². The maximum atomic E-state index is 10.2. The summed E-state index contributed by atoms with van der Waals surface area (Å²) in [7, 11) is 0. The Morgan fingerprint density at radius 3 is 1.47 bits per heavy atom. The molecular weight excluding hydrogens is 208 g/mol. The van der Waals surface area contributed by atoms with Crippen molar-refractivity contribution in [1.29, 1.82) is 0 Å². The predicted molar refractivity (Wildman–Crippen MR) is 71.0 cm³/mol. The summed E-state index contributed by atoms with van der Waals surface area (Å²) in [4.78, 5) is 0. The highest BCUT2D eigenvalue weighted by atomic mass is 16.3. The second-order valence-electron chi connectivity index (χ2n) is 4.61. The molecule has 1 nitrogen and oxygen atoms in total. The van der Waals surface area contributed by atoms with Gasteiger partial charge in [-0.1, -0.05) is 60.7 Å². The van der Waals surface area contributed by atoms with E-state index in [1.54, 1.807) is 0 Å². The highest BCUT2D eigenvalue weighted by Gasteiger charge is 2.33. The summed E-state index contributed by atoms with van der Waals surface area (Å²) in [5.74, 6) is 0. The maximum Gasteiger partial charge on any atom is 0.0646 e. The lowest BCUT2D eigenvalue weighted by molar-refractivity contribution is 0.129. The van der Waals surface area contributed by atoms with Crippen LogP contribution in [0.1, 0.15) is 25.0 Å². The van der Waals surface area contributed by atoms with Crippen LogP contribution >= 0.6 is 0 Å². The predicted octanol–water partition coefficient (Wildman–Crippen LogP) is 3.37. The monoisotopic (exact) mass is 226 g/mol. The zero-order valence-electron chi connectivity index (χ0n) is 10.3. The third kappa shape index (κ3) is 2.11. The molecule has 0 aliphatic carbocycles. The molecule has 0 unspecified atom stereocenters. The molecule has 0 saturated carbocycles. The first-order valence-electron chi connectivity index (χ1n) is 5.95. The number of aliphatic hydroxyl groups excluding tert-OH is 1. The molecule has 1 N–H and O–H groups in total. The molecule has 1 atom stereocenters. The Balaban J connectivity index is 2.55. The Kier molecular flexibility index (Phi) is 3.30. The van der Waals surface area contributed by atoms with E-state index in [4.69, 9.17) is 0 Å². The molecule has 0 fully saturated rings. The van der Waals surface area contributed by atoms with Gasteiger partial charge in [0.1, 0.15) is 0 Å². The Labute approximate surface area is 103 Å². The fourth-order valence-corrected chi connectivity index (χ4v) is 2.22. The molecule has 17 heavy (non-hydrogen) atoms. The molecule has 0 aromatic heterocycles. The van der Waals surface area contributed by atoms with E-state index in [2.05, 4.69) is 31.2 Å². The number of benzene rings is 2. The molecule has 88 valence electrons. The molecule has 0 aliphatic rings. The lowest BCUT2D eigenvalue weighted by Gasteiger charge is -2.34. The molecule has 0 spiro atoms. The normalized spacial score (nSPS) is 13.4. The molecule has 0 aliphatic heterocycles. The van der Waals surface area contributed by atoms with Crippen molar-refractivity contribution < 1.29 is 5.11 Å². The quantitative estimate of drug-likeness (QED) is 0.850. The van der Waals surface area contributed by atoms with Gasteiger partial charge in [0.15, 0.2) is 0 Å². The van der Waals surface area contributed by atoms with Crippen LogP contribution in [-0.2, 0) is 5.41 Å². The van der Waals surface area contributed by atoms with Gasteiger partial charge in [0.25, 0.3) is 0 Å². The fraction of sp³-hybridized carbons (Fsp3) is 0.250. The van der Waals surface area contributed by atoms with Crippen molar-refractivity contribution in [2.75, 3.05) is 0 Å². The van der Waals surface area contributed by atoms with E-state index >= 15 is 0 Å². The zero-order chi connectivity index (χ0) is 12.3. The van der Waals surface area contributed by atoms with Crippen molar-refractivity contribution in [2.45, 2.75) is 25.4 Å². The van der Waals surface area contributed by atoms with E-state index < -0.39 is 6.10 Å². The van der Waals surface area contributed by atoms with Crippen molar-refractivity contribution >= 4 is 0 Å². The summed E-state index contributed by atoms with van der Waals surface area (Å²) in [6.07, 6.45) is -0.438. The van der Waals surface area contributed by atoms with E-state index in [1.807, 2.05) is 43.3 Å². The number of aliphatic hydroxyl groups is 1. The van der Waals surface area contributed by atoms with Crippen LogP contribution < -0.4 is 0 Å². The summed E-state index contributed by atoms with van der Waals surface area (Å²) in [5.41, 5.74) is 1.92. The van der Waals surface area contributed by atoms with Crippen LogP contribution in [0.3, 0.4) is 0 Å². The Morgan fingerprint density at radius 1 is 0.824 bits per heavy atom. The number of hydrogen-bond donors (Lipinski definition) is 1. The van der Waals surface area contributed by atoms with Crippen LogP contribution in [0.4, 0.5) is 0 Å². The molecule has 2 aromatic rings. The average Bonchev–Trinajstić information content (AvgIpc) is 2.39. The van der Waals surface area contributed by atoms with Gasteiger partial charge in [0.2, 0.25) is 0 Å². The van der Waals surface area contributed by atoms with Gasteiger partial charge in [-0.2, -0.15) is 0 Å². The minimum absolute atomic E-state index is 0.359. The molecule has 2 aromatic carbocycles. The van der Waals surface area contributed by atoms with Crippen LogP contribution in [0, 0.1) is 0 Å². The maximum absolute atomic E-state index is 10.2. The van der Waals surface area contributed by atoms with Crippen molar-refractivity contribution in [2.24, 2.45) is 0 Å². The Morgan fingerprint density at radius 2 is 1.18 bits per heavy atom. The van der Waals surface area contributed by atoms with Crippen LogP contribution in [0.2, 0.25) is 0 Å². The molecule has 1 heteroatoms. The summed E-state index contributed by atoms with van der Waals surface area (Å²) < 4.78 is 0. The van der Waals surface area contributed by atoms with E-state index in [-0.39, 0.29) is 5.41 Å². The number of hydrogen-bond acceptors (Lipinski definition) is 1. The minimum atomic E-state index is -0.438. The SMILES string of the molecule is C[C@@H](O)C(C)(c1ccccc1)c1ccccc1. The third-order valence-corrected chi connectivity index (χ3v) is 3.58. The molecule has 0 heterocycles. The largest absolute Gasteiger partial charge is 0.392 e. The Bertz CT molecular complexity index is 420. The molecule has 2 rings (SSSR count). The average molecular weight is 226 g/mol. The van der Waals surface area contributed by atoms with E-state index in [1.165, 1.54) is 0 Å². The number of rotatable bonds is 3. The van der Waals surface area contributed by atoms with Crippen molar-refractivity contribution in [3.05, 3.63) is 71.8 Å². The van der Waals surface area contributed by atoms with Gasteiger partial charge < -0.3 is 5.11 Å². The lowest BCUT2D eigenvalue weighted by atomic mass is 9.72. The van der Waals surface area contributed by atoms with Gasteiger partial charge in [0, 0.05) is 5.41 Å². The highest BCUT2D eigenvalue weighted by molar-refractivity contribution is 5.39. The third-order valence-electron chi connectivity index (χ3n) is 3.58. The standard InChI is InChI=1S/C16H18O/c1-13(17)16(2,14-9-5-3-6-10-14)15-11-7-4-8-12-15/h3-13,17H,1-2H3/t13-/m1/s1. The van der Waals surface area contributed by atoms with Gasteiger partial charge in [0.05, 0.1) is 6.10 Å². The van der Waals surface area contributed by atoms with Crippen LogP contribution in [-0.4, -0.2) is 11.2 Å².